The number of benzene rings is 1. The Bertz CT molecular complexity index is 642. The molecular formula is C15H15NO4S2. The predicted molar refractivity (Wildman–Crippen MR) is 89.7 cm³/mol. The van der Waals surface area contributed by atoms with Gasteiger partial charge >= 0.3 is 5.97 Å². The Morgan fingerprint density at radius 1 is 1.50 bits per heavy atom. The predicted octanol–water partition coefficient (Wildman–Crippen LogP) is 2.76. The summed E-state index contributed by atoms with van der Waals surface area (Å²) >= 11 is 6.16. The molecule has 2 rings (SSSR count). The molecule has 0 bridgehead atoms. The Balaban J connectivity index is 2.17. The van der Waals surface area contributed by atoms with Gasteiger partial charge in [-0.25, -0.2) is 0 Å². The first-order valence-corrected chi connectivity index (χ1v) is 7.93. The van der Waals surface area contributed by atoms with Crippen molar-refractivity contribution >= 4 is 46.3 Å². The van der Waals surface area contributed by atoms with Crippen LogP contribution in [0.3, 0.4) is 0 Å². The molecule has 1 N–H and O–H groups in total. The van der Waals surface area contributed by atoms with E-state index >= 15 is 0 Å². The van der Waals surface area contributed by atoms with Gasteiger partial charge in [-0.15, -0.1) is 0 Å². The topological polar surface area (TPSA) is 66.8 Å². The molecular weight excluding hydrogens is 322 g/mol. The van der Waals surface area contributed by atoms with Crippen LogP contribution in [0.1, 0.15) is 18.9 Å². The lowest BCUT2D eigenvalue weighted by molar-refractivity contribution is -0.140. The molecule has 0 saturated carbocycles. The lowest BCUT2D eigenvalue weighted by Crippen LogP contribution is -2.33. The van der Waals surface area contributed by atoms with E-state index < -0.39 is 12.5 Å². The van der Waals surface area contributed by atoms with Gasteiger partial charge in [0.05, 0.1) is 11.5 Å². The molecule has 0 atom stereocenters. The lowest BCUT2D eigenvalue weighted by atomic mass is 10.2. The highest BCUT2D eigenvalue weighted by molar-refractivity contribution is 8.26. The average Bonchev–Trinajstić information content (AvgIpc) is 2.73. The fraction of sp³-hybridized carbons (Fsp3) is 0.267. The zero-order valence-corrected chi connectivity index (χ0v) is 13.6. The van der Waals surface area contributed by atoms with Crippen LogP contribution in [0.25, 0.3) is 6.08 Å². The molecule has 22 heavy (non-hydrogen) atoms. The molecule has 5 nitrogen and oxygen atoms in total. The Morgan fingerprint density at radius 3 is 2.95 bits per heavy atom. The summed E-state index contributed by atoms with van der Waals surface area (Å²) in [6.45, 7) is 2.24. The van der Waals surface area contributed by atoms with E-state index in [-0.39, 0.29) is 10.2 Å². The zero-order chi connectivity index (χ0) is 16.1. The van der Waals surface area contributed by atoms with Gasteiger partial charge < -0.3 is 9.84 Å². The van der Waals surface area contributed by atoms with Crippen molar-refractivity contribution in [2.75, 3.05) is 13.2 Å². The lowest BCUT2D eigenvalue weighted by Gasteiger charge is -2.10. The zero-order valence-electron chi connectivity index (χ0n) is 11.9. The van der Waals surface area contributed by atoms with E-state index in [2.05, 4.69) is 0 Å². The Morgan fingerprint density at radius 2 is 2.27 bits per heavy atom. The van der Waals surface area contributed by atoms with Crippen molar-refractivity contribution in [1.29, 1.82) is 0 Å². The summed E-state index contributed by atoms with van der Waals surface area (Å²) in [7, 11) is 0. The van der Waals surface area contributed by atoms with Gasteiger partial charge in [-0.1, -0.05) is 43.0 Å². The summed E-state index contributed by atoms with van der Waals surface area (Å²) in [6.07, 6.45) is 2.61. The van der Waals surface area contributed by atoms with Gasteiger partial charge in [-0.3, -0.25) is 14.5 Å². The maximum absolute atomic E-state index is 12.2. The molecule has 0 radical (unpaired) electrons. The molecule has 1 aromatic rings. The second kappa shape index (κ2) is 7.42. The third kappa shape index (κ3) is 4.08. The third-order valence-corrected chi connectivity index (χ3v) is 4.17. The van der Waals surface area contributed by atoms with E-state index in [0.717, 1.165) is 34.4 Å². The first-order chi connectivity index (χ1) is 10.5. The maximum atomic E-state index is 12.2. The minimum atomic E-state index is -1.09. The molecule has 1 aliphatic rings. The standard InChI is InChI=1S/C15H15NO4S2/c1-2-6-20-11-5-3-4-10(7-11)8-12-14(19)16(9-13(17)18)15(21)22-12/h3-5,7-8H,2,6,9H2,1H3,(H,17,18)/b12-8-. The van der Waals surface area contributed by atoms with Gasteiger partial charge in [0.2, 0.25) is 0 Å². The molecule has 0 spiro atoms. The summed E-state index contributed by atoms with van der Waals surface area (Å²) in [6, 6.07) is 7.37. The number of carboxylic acids is 1. The monoisotopic (exact) mass is 337 g/mol. The fourth-order valence-corrected chi connectivity index (χ4v) is 3.09. The first-order valence-electron chi connectivity index (χ1n) is 6.71. The van der Waals surface area contributed by atoms with Gasteiger partial charge in [0.15, 0.2) is 0 Å². The van der Waals surface area contributed by atoms with Crippen LogP contribution < -0.4 is 4.74 Å². The van der Waals surface area contributed by atoms with Crippen LogP contribution in [0.2, 0.25) is 0 Å². The van der Waals surface area contributed by atoms with Gasteiger partial charge in [-0.2, -0.15) is 0 Å². The molecule has 0 aliphatic carbocycles. The van der Waals surface area contributed by atoms with Gasteiger partial charge in [0.1, 0.15) is 16.6 Å². The number of hydrogen-bond donors (Lipinski definition) is 1. The van der Waals surface area contributed by atoms with Crippen LogP contribution in [-0.4, -0.2) is 39.4 Å². The smallest absolute Gasteiger partial charge is 0.323 e. The number of amides is 1. The van der Waals surface area contributed by atoms with E-state index in [0.29, 0.717) is 11.5 Å². The Kier molecular flexibility index (Phi) is 5.57. The van der Waals surface area contributed by atoms with Crippen molar-refractivity contribution in [2.45, 2.75) is 13.3 Å². The minimum absolute atomic E-state index is 0.261. The number of carboxylic acid groups (broad SMARTS) is 1. The summed E-state index contributed by atoms with van der Waals surface area (Å²) in [5.41, 5.74) is 0.810. The molecule has 1 fully saturated rings. The molecule has 1 amide bonds. The molecule has 116 valence electrons. The van der Waals surface area contributed by atoms with Crippen molar-refractivity contribution in [2.24, 2.45) is 0 Å². The molecule has 1 heterocycles. The van der Waals surface area contributed by atoms with Crippen LogP contribution in [0.4, 0.5) is 0 Å². The SMILES string of the molecule is CCCOc1cccc(/C=C2\SC(=S)N(CC(=O)O)C2=O)c1. The number of thiocarbonyl (C=S) groups is 1. The van der Waals surface area contributed by atoms with Crippen LogP contribution >= 0.6 is 24.0 Å². The normalized spacial score (nSPS) is 16.4. The number of hydrogen-bond acceptors (Lipinski definition) is 5. The average molecular weight is 337 g/mol. The second-order valence-corrected chi connectivity index (χ2v) is 6.26. The molecule has 0 unspecified atom stereocenters. The van der Waals surface area contributed by atoms with Crippen LogP contribution in [-0.2, 0) is 9.59 Å². The number of ether oxygens (including phenoxy) is 1. The van der Waals surface area contributed by atoms with E-state index in [1.54, 1.807) is 6.08 Å². The molecule has 1 aromatic carbocycles. The Labute approximate surface area is 137 Å². The van der Waals surface area contributed by atoms with E-state index in [1.807, 2.05) is 31.2 Å². The minimum Gasteiger partial charge on any atom is -0.494 e. The molecule has 1 aliphatic heterocycles. The number of carbonyl (C=O) groups is 2. The summed E-state index contributed by atoms with van der Waals surface area (Å²) in [4.78, 5) is 24.4. The highest BCUT2D eigenvalue weighted by atomic mass is 32.2. The van der Waals surface area contributed by atoms with Gasteiger partial charge in [0, 0.05) is 0 Å². The third-order valence-electron chi connectivity index (χ3n) is 2.80. The maximum Gasteiger partial charge on any atom is 0.323 e. The molecule has 1 saturated heterocycles. The highest BCUT2D eigenvalue weighted by Gasteiger charge is 2.33. The van der Waals surface area contributed by atoms with Gasteiger partial charge in [-0.05, 0) is 30.2 Å². The number of rotatable bonds is 6. The van der Waals surface area contributed by atoms with Crippen molar-refractivity contribution in [3.05, 3.63) is 34.7 Å². The van der Waals surface area contributed by atoms with Gasteiger partial charge in [0.25, 0.3) is 5.91 Å². The van der Waals surface area contributed by atoms with E-state index in [1.165, 1.54) is 0 Å². The first kappa shape index (κ1) is 16.5. The van der Waals surface area contributed by atoms with Crippen molar-refractivity contribution in [1.82, 2.24) is 4.90 Å². The molecule has 7 heteroatoms. The van der Waals surface area contributed by atoms with Crippen molar-refractivity contribution in [3.63, 3.8) is 0 Å². The second-order valence-electron chi connectivity index (χ2n) is 4.58. The van der Waals surface area contributed by atoms with Crippen molar-refractivity contribution < 1.29 is 19.4 Å². The Hall–Kier alpha value is -1.86. The molecule has 0 aromatic heterocycles. The van der Waals surface area contributed by atoms with Crippen LogP contribution in [0.5, 0.6) is 5.75 Å². The van der Waals surface area contributed by atoms with E-state index in [9.17, 15) is 9.59 Å². The number of aliphatic carboxylic acids is 1. The summed E-state index contributed by atoms with van der Waals surface area (Å²) in [5, 5.41) is 8.81. The summed E-state index contributed by atoms with van der Waals surface area (Å²) < 4.78 is 5.81. The van der Waals surface area contributed by atoms with Crippen molar-refractivity contribution in [3.8, 4) is 5.75 Å². The number of nitrogens with zero attached hydrogens (tertiary/aromatic N) is 1. The largest absolute Gasteiger partial charge is 0.494 e. The van der Waals surface area contributed by atoms with E-state index in [4.69, 9.17) is 22.1 Å². The van der Waals surface area contributed by atoms with Crippen LogP contribution in [0.15, 0.2) is 29.2 Å². The quantitative estimate of drug-likeness (QED) is 0.636. The number of thioether (sulfide) groups is 1. The van der Waals surface area contributed by atoms with Crippen LogP contribution in [0, 0.1) is 0 Å². The highest BCUT2D eigenvalue weighted by Crippen LogP contribution is 2.32. The fourth-order valence-electron chi connectivity index (χ4n) is 1.84. The number of carbonyl (C=O) groups excluding carboxylic acids is 1. The summed E-state index contributed by atoms with van der Waals surface area (Å²) in [5.74, 6) is -0.735.